The Hall–Kier alpha value is -3.23. The standard InChI is InChI=1S/C17H17F2N5O2/c1-2-12-3-5-14(6-4-12)26-11-23-10-13(9-20-23)21-16(25)15-7-8-24(22-15)17(18)19/h3-10,17H,2,11H2,1H3,(H,21,25). The van der Waals surface area contributed by atoms with Gasteiger partial charge < -0.3 is 10.1 Å². The van der Waals surface area contributed by atoms with Crippen LogP contribution in [0.3, 0.4) is 0 Å². The fourth-order valence-electron chi connectivity index (χ4n) is 2.22. The number of aromatic nitrogens is 4. The average molecular weight is 361 g/mol. The molecule has 0 bridgehead atoms. The van der Waals surface area contributed by atoms with E-state index in [4.69, 9.17) is 4.74 Å². The molecule has 0 unspecified atom stereocenters. The average Bonchev–Trinajstić information content (AvgIpc) is 3.30. The van der Waals surface area contributed by atoms with Gasteiger partial charge in [0.05, 0.1) is 18.1 Å². The molecule has 1 amide bonds. The van der Waals surface area contributed by atoms with Crippen molar-refractivity contribution in [3.05, 3.63) is 60.2 Å². The van der Waals surface area contributed by atoms with Crippen molar-refractivity contribution < 1.29 is 18.3 Å². The van der Waals surface area contributed by atoms with Crippen molar-refractivity contribution in [2.24, 2.45) is 0 Å². The SMILES string of the molecule is CCc1ccc(OCn2cc(NC(=O)c3ccn(C(F)F)n3)cn2)cc1. The van der Waals surface area contributed by atoms with Crippen LogP contribution in [-0.4, -0.2) is 25.5 Å². The number of aryl methyl sites for hydroxylation is 1. The number of carbonyl (C=O) groups excluding carboxylic acids is 1. The Balaban J connectivity index is 1.55. The summed E-state index contributed by atoms with van der Waals surface area (Å²) in [6, 6.07) is 8.95. The lowest BCUT2D eigenvalue weighted by atomic mass is 10.2. The fraction of sp³-hybridized carbons (Fsp3) is 0.235. The van der Waals surface area contributed by atoms with Crippen LogP contribution >= 0.6 is 0 Å². The highest BCUT2D eigenvalue weighted by Gasteiger charge is 2.14. The highest BCUT2D eigenvalue weighted by Crippen LogP contribution is 2.14. The van der Waals surface area contributed by atoms with Crippen LogP contribution in [0.5, 0.6) is 5.75 Å². The first-order valence-electron chi connectivity index (χ1n) is 7.94. The number of amides is 1. The quantitative estimate of drug-likeness (QED) is 0.701. The second kappa shape index (κ2) is 7.77. The van der Waals surface area contributed by atoms with Crippen molar-refractivity contribution in [1.29, 1.82) is 0 Å². The van der Waals surface area contributed by atoms with E-state index >= 15 is 0 Å². The summed E-state index contributed by atoms with van der Waals surface area (Å²) in [5.41, 5.74) is 1.52. The molecule has 2 heterocycles. The summed E-state index contributed by atoms with van der Waals surface area (Å²) in [7, 11) is 0. The summed E-state index contributed by atoms with van der Waals surface area (Å²) in [5, 5.41) is 10.1. The van der Waals surface area contributed by atoms with E-state index in [-0.39, 0.29) is 12.4 Å². The smallest absolute Gasteiger partial charge is 0.333 e. The van der Waals surface area contributed by atoms with Crippen molar-refractivity contribution in [1.82, 2.24) is 19.6 Å². The van der Waals surface area contributed by atoms with Crippen LogP contribution in [0.25, 0.3) is 0 Å². The van der Waals surface area contributed by atoms with Crippen molar-refractivity contribution in [2.75, 3.05) is 5.32 Å². The summed E-state index contributed by atoms with van der Waals surface area (Å²) >= 11 is 0. The molecule has 136 valence electrons. The van der Waals surface area contributed by atoms with Gasteiger partial charge in [-0.1, -0.05) is 19.1 Å². The Labute approximate surface area is 148 Å². The van der Waals surface area contributed by atoms with E-state index < -0.39 is 12.5 Å². The number of nitrogens with zero attached hydrogens (tertiary/aromatic N) is 4. The molecule has 1 N–H and O–H groups in total. The number of nitrogens with one attached hydrogen (secondary N) is 1. The molecule has 0 saturated carbocycles. The molecule has 9 heteroatoms. The van der Waals surface area contributed by atoms with Gasteiger partial charge in [0.2, 0.25) is 0 Å². The first kappa shape index (κ1) is 17.6. The Morgan fingerprint density at radius 1 is 1.27 bits per heavy atom. The van der Waals surface area contributed by atoms with Gasteiger partial charge in [-0.25, -0.2) is 9.36 Å². The minimum Gasteiger partial charge on any atom is -0.471 e. The third-order valence-corrected chi connectivity index (χ3v) is 3.63. The molecular weight excluding hydrogens is 344 g/mol. The molecular formula is C17H17F2N5O2. The molecule has 3 aromatic rings. The predicted octanol–water partition coefficient (Wildman–Crippen LogP) is 3.33. The minimum absolute atomic E-state index is 0.106. The molecule has 0 aliphatic rings. The Kier molecular flexibility index (Phi) is 5.26. The number of halogens is 2. The van der Waals surface area contributed by atoms with Crippen molar-refractivity contribution >= 4 is 11.6 Å². The zero-order valence-corrected chi connectivity index (χ0v) is 14.0. The van der Waals surface area contributed by atoms with Crippen molar-refractivity contribution in [3.8, 4) is 5.75 Å². The highest BCUT2D eigenvalue weighted by molar-refractivity contribution is 6.02. The third-order valence-electron chi connectivity index (χ3n) is 3.63. The maximum absolute atomic E-state index is 12.5. The predicted molar refractivity (Wildman–Crippen MR) is 90.1 cm³/mol. The van der Waals surface area contributed by atoms with Crippen LogP contribution in [0.2, 0.25) is 0 Å². The number of rotatable bonds is 7. The molecule has 0 radical (unpaired) electrons. The minimum atomic E-state index is -2.79. The number of benzene rings is 1. The Morgan fingerprint density at radius 3 is 2.69 bits per heavy atom. The lowest BCUT2D eigenvalue weighted by Gasteiger charge is -2.06. The number of ether oxygens (including phenoxy) is 1. The van der Waals surface area contributed by atoms with Gasteiger partial charge in [-0.2, -0.15) is 19.0 Å². The summed E-state index contributed by atoms with van der Waals surface area (Å²) in [6.45, 7) is -0.544. The van der Waals surface area contributed by atoms with Crippen LogP contribution in [0.15, 0.2) is 48.9 Å². The van der Waals surface area contributed by atoms with Gasteiger partial charge in [0.25, 0.3) is 5.91 Å². The van der Waals surface area contributed by atoms with E-state index in [0.29, 0.717) is 16.1 Å². The van der Waals surface area contributed by atoms with E-state index in [2.05, 4.69) is 22.4 Å². The monoisotopic (exact) mass is 361 g/mol. The first-order valence-corrected chi connectivity index (χ1v) is 7.94. The summed E-state index contributed by atoms with van der Waals surface area (Å²) in [6.07, 6.45) is 5.01. The first-order chi connectivity index (χ1) is 12.5. The molecule has 2 aromatic heterocycles. The summed E-state index contributed by atoms with van der Waals surface area (Å²) < 4.78 is 32.5. The maximum Gasteiger partial charge on any atom is 0.333 e. The Bertz CT molecular complexity index is 873. The summed E-state index contributed by atoms with van der Waals surface area (Å²) in [4.78, 5) is 12.0. The van der Waals surface area contributed by atoms with Crippen molar-refractivity contribution in [2.45, 2.75) is 26.6 Å². The lowest BCUT2D eigenvalue weighted by molar-refractivity contribution is 0.0561. The zero-order chi connectivity index (χ0) is 18.5. The van der Waals surface area contributed by atoms with Crippen LogP contribution in [0.4, 0.5) is 14.5 Å². The van der Waals surface area contributed by atoms with E-state index in [9.17, 15) is 13.6 Å². The molecule has 0 spiro atoms. The normalized spacial score (nSPS) is 10.9. The number of alkyl halides is 2. The molecule has 0 atom stereocenters. The maximum atomic E-state index is 12.5. The highest BCUT2D eigenvalue weighted by atomic mass is 19.3. The van der Waals surface area contributed by atoms with Gasteiger partial charge in [-0.15, -0.1) is 0 Å². The van der Waals surface area contributed by atoms with Gasteiger partial charge in [0.15, 0.2) is 12.4 Å². The van der Waals surface area contributed by atoms with E-state index in [0.717, 1.165) is 12.6 Å². The molecule has 0 aliphatic carbocycles. The fourth-order valence-corrected chi connectivity index (χ4v) is 2.22. The molecule has 3 rings (SSSR count). The van der Waals surface area contributed by atoms with Crippen LogP contribution in [-0.2, 0) is 13.2 Å². The second-order valence-corrected chi connectivity index (χ2v) is 5.45. The largest absolute Gasteiger partial charge is 0.471 e. The molecule has 7 nitrogen and oxygen atoms in total. The Morgan fingerprint density at radius 2 is 2.04 bits per heavy atom. The molecule has 0 aliphatic heterocycles. The second-order valence-electron chi connectivity index (χ2n) is 5.45. The third kappa shape index (κ3) is 4.24. The number of anilines is 1. The van der Waals surface area contributed by atoms with Gasteiger partial charge in [0, 0.05) is 6.20 Å². The van der Waals surface area contributed by atoms with Gasteiger partial charge in [-0.05, 0) is 30.2 Å². The summed E-state index contributed by atoms with van der Waals surface area (Å²) in [5.74, 6) is 0.112. The van der Waals surface area contributed by atoms with Gasteiger partial charge in [0.1, 0.15) is 5.75 Å². The zero-order valence-electron chi connectivity index (χ0n) is 14.0. The molecule has 0 saturated heterocycles. The number of hydrogen-bond donors (Lipinski definition) is 1. The molecule has 1 aromatic carbocycles. The number of hydrogen-bond acceptors (Lipinski definition) is 4. The lowest BCUT2D eigenvalue weighted by Crippen LogP contribution is -2.13. The van der Waals surface area contributed by atoms with Crippen LogP contribution in [0, 0.1) is 0 Å². The van der Waals surface area contributed by atoms with Crippen LogP contribution in [0.1, 0.15) is 29.5 Å². The van der Waals surface area contributed by atoms with Gasteiger partial charge in [-0.3, -0.25) is 4.79 Å². The van der Waals surface area contributed by atoms with E-state index in [1.165, 1.54) is 22.5 Å². The topological polar surface area (TPSA) is 74.0 Å². The number of carbonyl (C=O) groups is 1. The van der Waals surface area contributed by atoms with Crippen molar-refractivity contribution in [3.63, 3.8) is 0 Å². The van der Waals surface area contributed by atoms with Gasteiger partial charge >= 0.3 is 6.55 Å². The van der Waals surface area contributed by atoms with E-state index in [1.54, 1.807) is 6.20 Å². The van der Waals surface area contributed by atoms with Crippen LogP contribution < -0.4 is 10.1 Å². The molecule has 26 heavy (non-hydrogen) atoms. The van der Waals surface area contributed by atoms with E-state index in [1.807, 2.05) is 24.3 Å². The molecule has 0 fully saturated rings.